The summed E-state index contributed by atoms with van der Waals surface area (Å²) >= 11 is 0. The summed E-state index contributed by atoms with van der Waals surface area (Å²) in [6, 6.07) is 9.76. The van der Waals surface area contributed by atoms with E-state index in [1.165, 1.54) is 0 Å². The van der Waals surface area contributed by atoms with Crippen LogP contribution in [0.25, 0.3) is 0 Å². The van der Waals surface area contributed by atoms with Crippen LogP contribution in [0, 0.1) is 0 Å². The van der Waals surface area contributed by atoms with Crippen LogP contribution in [0.4, 0.5) is 5.69 Å². The number of hydrogen-bond donors (Lipinski definition) is 2. The van der Waals surface area contributed by atoms with Gasteiger partial charge in [-0.2, -0.15) is 5.10 Å². The van der Waals surface area contributed by atoms with E-state index in [4.69, 9.17) is 4.74 Å². The standard InChI is InChI=1S/C14H19N3O2/c1-19-11-12-5-2-3-6-14(12)15-9-13(18)10-17-8-4-7-16-17/h2-8,13,15,18H,9-11H2,1H3. The average molecular weight is 261 g/mol. The van der Waals surface area contributed by atoms with Gasteiger partial charge in [-0.25, -0.2) is 0 Å². The number of anilines is 1. The third-order valence-corrected chi connectivity index (χ3v) is 2.80. The Morgan fingerprint density at radius 3 is 2.95 bits per heavy atom. The van der Waals surface area contributed by atoms with Crippen molar-refractivity contribution in [3.05, 3.63) is 48.3 Å². The summed E-state index contributed by atoms with van der Waals surface area (Å²) in [6.45, 7) is 1.51. The van der Waals surface area contributed by atoms with Crippen LogP contribution in [0.15, 0.2) is 42.7 Å². The number of hydrogen-bond acceptors (Lipinski definition) is 4. The van der Waals surface area contributed by atoms with Crippen molar-refractivity contribution in [2.75, 3.05) is 19.0 Å². The minimum absolute atomic E-state index is 0.473. The van der Waals surface area contributed by atoms with Crippen molar-refractivity contribution < 1.29 is 9.84 Å². The zero-order chi connectivity index (χ0) is 13.5. The molecule has 102 valence electrons. The van der Waals surface area contributed by atoms with E-state index in [0.29, 0.717) is 19.7 Å². The van der Waals surface area contributed by atoms with Crippen LogP contribution in [0.2, 0.25) is 0 Å². The molecule has 1 atom stereocenters. The molecule has 0 spiro atoms. The molecule has 0 aliphatic rings. The summed E-state index contributed by atoms with van der Waals surface area (Å²) in [5.41, 5.74) is 2.07. The van der Waals surface area contributed by atoms with E-state index in [0.717, 1.165) is 11.3 Å². The number of aromatic nitrogens is 2. The fourth-order valence-electron chi connectivity index (χ4n) is 1.89. The molecule has 1 aromatic heterocycles. The smallest absolute Gasteiger partial charge is 0.0907 e. The highest BCUT2D eigenvalue weighted by Crippen LogP contribution is 2.15. The second-order valence-electron chi connectivity index (χ2n) is 4.35. The molecule has 0 saturated heterocycles. The van der Waals surface area contributed by atoms with Gasteiger partial charge < -0.3 is 15.2 Å². The van der Waals surface area contributed by atoms with Crippen molar-refractivity contribution in [2.24, 2.45) is 0 Å². The maximum absolute atomic E-state index is 9.95. The van der Waals surface area contributed by atoms with Crippen molar-refractivity contribution >= 4 is 5.69 Å². The number of aliphatic hydroxyl groups is 1. The molecule has 0 fully saturated rings. The molecule has 2 N–H and O–H groups in total. The van der Waals surface area contributed by atoms with Gasteiger partial charge in [0.1, 0.15) is 0 Å². The Kier molecular flexibility index (Phi) is 4.94. The largest absolute Gasteiger partial charge is 0.389 e. The first-order chi connectivity index (χ1) is 9.29. The molecule has 0 aliphatic heterocycles. The Morgan fingerprint density at radius 1 is 1.37 bits per heavy atom. The number of nitrogens with one attached hydrogen (secondary N) is 1. The zero-order valence-electron chi connectivity index (χ0n) is 11.0. The lowest BCUT2D eigenvalue weighted by Gasteiger charge is -2.15. The Labute approximate surface area is 112 Å². The summed E-state index contributed by atoms with van der Waals surface area (Å²) in [7, 11) is 1.67. The third-order valence-electron chi connectivity index (χ3n) is 2.80. The molecule has 2 rings (SSSR count). The van der Waals surface area contributed by atoms with Gasteiger partial charge in [-0.15, -0.1) is 0 Å². The normalized spacial score (nSPS) is 12.3. The predicted octanol–water partition coefficient (Wildman–Crippen LogP) is 1.50. The zero-order valence-corrected chi connectivity index (χ0v) is 11.0. The minimum Gasteiger partial charge on any atom is -0.389 e. The number of rotatable bonds is 7. The van der Waals surface area contributed by atoms with Gasteiger partial charge in [-0.05, 0) is 12.1 Å². The molecule has 5 nitrogen and oxygen atoms in total. The van der Waals surface area contributed by atoms with Gasteiger partial charge in [0.05, 0.1) is 19.3 Å². The molecule has 1 unspecified atom stereocenters. The van der Waals surface area contributed by atoms with Crippen LogP contribution in [0.1, 0.15) is 5.56 Å². The lowest BCUT2D eigenvalue weighted by atomic mass is 10.2. The molecule has 0 aliphatic carbocycles. The van der Waals surface area contributed by atoms with Crippen LogP contribution >= 0.6 is 0 Å². The summed E-state index contributed by atoms with van der Waals surface area (Å²) < 4.78 is 6.86. The van der Waals surface area contributed by atoms with Crippen molar-refractivity contribution in [3.8, 4) is 0 Å². The van der Waals surface area contributed by atoms with Gasteiger partial charge in [-0.1, -0.05) is 18.2 Å². The van der Waals surface area contributed by atoms with E-state index >= 15 is 0 Å². The first kappa shape index (κ1) is 13.6. The lowest BCUT2D eigenvalue weighted by Crippen LogP contribution is -2.25. The van der Waals surface area contributed by atoms with Crippen LogP contribution in [0.5, 0.6) is 0 Å². The highest BCUT2D eigenvalue weighted by molar-refractivity contribution is 5.50. The highest BCUT2D eigenvalue weighted by Gasteiger charge is 2.07. The third kappa shape index (κ3) is 4.08. The molecule has 2 aromatic rings. The van der Waals surface area contributed by atoms with Crippen LogP contribution in [-0.4, -0.2) is 34.6 Å². The number of benzene rings is 1. The van der Waals surface area contributed by atoms with Crippen molar-refractivity contribution in [1.29, 1.82) is 0 Å². The van der Waals surface area contributed by atoms with E-state index in [1.807, 2.05) is 36.5 Å². The number of ether oxygens (including phenoxy) is 1. The van der Waals surface area contributed by atoms with Gasteiger partial charge in [0.2, 0.25) is 0 Å². The molecule has 1 aromatic carbocycles. The van der Waals surface area contributed by atoms with Crippen LogP contribution in [0.3, 0.4) is 0 Å². The maximum Gasteiger partial charge on any atom is 0.0907 e. The summed E-state index contributed by atoms with van der Waals surface area (Å²) in [4.78, 5) is 0. The predicted molar refractivity (Wildman–Crippen MR) is 73.9 cm³/mol. The van der Waals surface area contributed by atoms with Crippen molar-refractivity contribution in [1.82, 2.24) is 9.78 Å². The lowest BCUT2D eigenvalue weighted by molar-refractivity contribution is 0.161. The number of aliphatic hydroxyl groups excluding tert-OH is 1. The second kappa shape index (κ2) is 6.92. The number of para-hydroxylation sites is 1. The Bertz CT molecular complexity index is 485. The van der Waals surface area contributed by atoms with Gasteiger partial charge in [0.15, 0.2) is 0 Å². The van der Waals surface area contributed by atoms with Gasteiger partial charge >= 0.3 is 0 Å². The van der Waals surface area contributed by atoms with Gasteiger partial charge in [0, 0.05) is 37.3 Å². The van der Waals surface area contributed by atoms with Crippen molar-refractivity contribution in [3.63, 3.8) is 0 Å². The van der Waals surface area contributed by atoms with Gasteiger partial charge in [0.25, 0.3) is 0 Å². The molecule has 0 amide bonds. The molecular weight excluding hydrogens is 242 g/mol. The molecule has 0 radical (unpaired) electrons. The first-order valence-corrected chi connectivity index (χ1v) is 6.26. The first-order valence-electron chi connectivity index (χ1n) is 6.26. The highest BCUT2D eigenvalue weighted by atomic mass is 16.5. The monoisotopic (exact) mass is 261 g/mol. The number of methoxy groups -OCH3 is 1. The average Bonchev–Trinajstić information content (AvgIpc) is 2.91. The van der Waals surface area contributed by atoms with E-state index in [2.05, 4.69) is 10.4 Å². The molecule has 0 bridgehead atoms. The SMILES string of the molecule is COCc1ccccc1NCC(O)Cn1cccn1. The minimum atomic E-state index is -0.490. The van der Waals surface area contributed by atoms with Crippen molar-refractivity contribution in [2.45, 2.75) is 19.3 Å². The Balaban J connectivity index is 1.87. The number of nitrogens with zero attached hydrogens (tertiary/aromatic N) is 2. The van der Waals surface area contributed by atoms with E-state index in [-0.39, 0.29) is 0 Å². The molecule has 0 saturated carbocycles. The van der Waals surface area contributed by atoms with Crippen LogP contribution < -0.4 is 5.32 Å². The Hall–Kier alpha value is -1.85. The summed E-state index contributed by atoms with van der Waals surface area (Å²) in [5.74, 6) is 0. The maximum atomic E-state index is 9.95. The quantitative estimate of drug-likeness (QED) is 0.793. The Morgan fingerprint density at radius 2 is 2.21 bits per heavy atom. The molecular formula is C14H19N3O2. The second-order valence-corrected chi connectivity index (χ2v) is 4.35. The molecule has 1 heterocycles. The topological polar surface area (TPSA) is 59.3 Å². The molecule has 5 heteroatoms. The fraction of sp³-hybridized carbons (Fsp3) is 0.357. The fourth-order valence-corrected chi connectivity index (χ4v) is 1.89. The van der Waals surface area contributed by atoms with E-state index in [9.17, 15) is 5.11 Å². The summed E-state index contributed by atoms with van der Waals surface area (Å²) in [6.07, 6.45) is 3.05. The molecule has 19 heavy (non-hydrogen) atoms. The van der Waals surface area contributed by atoms with E-state index in [1.54, 1.807) is 18.0 Å². The van der Waals surface area contributed by atoms with Crippen LogP contribution in [-0.2, 0) is 17.9 Å². The summed E-state index contributed by atoms with van der Waals surface area (Å²) in [5, 5.41) is 17.3. The van der Waals surface area contributed by atoms with Gasteiger partial charge in [-0.3, -0.25) is 4.68 Å². The van der Waals surface area contributed by atoms with E-state index < -0.39 is 6.10 Å².